The number of benzene rings is 2. The van der Waals surface area contributed by atoms with Crippen molar-refractivity contribution in [1.29, 1.82) is 0 Å². The quantitative estimate of drug-likeness (QED) is 0.378. The normalized spacial score (nSPS) is 10.4. The average Bonchev–Trinajstić information content (AvgIpc) is 2.70. The molecule has 0 aliphatic carbocycles. The summed E-state index contributed by atoms with van der Waals surface area (Å²) in [5, 5.41) is 17.6. The molecule has 0 bridgehead atoms. The van der Waals surface area contributed by atoms with E-state index in [-0.39, 0.29) is 11.6 Å². The summed E-state index contributed by atoms with van der Waals surface area (Å²) in [7, 11) is 1.59. The Hall–Kier alpha value is -3.68. The first-order valence-electron chi connectivity index (χ1n) is 8.29. The van der Waals surface area contributed by atoms with Gasteiger partial charge in [-0.2, -0.15) is 0 Å². The minimum absolute atomic E-state index is 0.00421. The van der Waals surface area contributed by atoms with Crippen LogP contribution in [-0.4, -0.2) is 36.0 Å². The molecule has 0 saturated heterocycles. The van der Waals surface area contributed by atoms with Crippen molar-refractivity contribution >= 4 is 28.2 Å². The Kier molecular flexibility index (Phi) is 5.46. The van der Waals surface area contributed by atoms with E-state index < -0.39 is 4.92 Å². The van der Waals surface area contributed by atoms with Gasteiger partial charge in [0.15, 0.2) is 0 Å². The maximum absolute atomic E-state index is 12.3. The van der Waals surface area contributed by atoms with Crippen LogP contribution in [0.4, 0.5) is 11.4 Å². The minimum Gasteiger partial charge on any atom is -0.497 e. The molecule has 2 N–H and O–H groups in total. The second-order valence-electron chi connectivity index (χ2n) is 5.71. The molecule has 138 valence electrons. The molecule has 8 heteroatoms. The van der Waals surface area contributed by atoms with Crippen molar-refractivity contribution in [2.24, 2.45) is 0 Å². The number of hydrogen-bond donors (Lipinski definition) is 2. The molecule has 3 aromatic rings. The number of methoxy groups -OCH3 is 1. The van der Waals surface area contributed by atoms with Crippen molar-refractivity contribution in [3.05, 3.63) is 70.4 Å². The van der Waals surface area contributed by atoms with Gasteiger partial charge in [-0.15, -0.1) is 0 Å². The number of nitro benzene ring substituents is 1. The van der Waals surface area contributed by atoms with Gasteiger partial charge in [0.05, 0.1) is 17.5 Å². The van der Waals surface area contributed by atoms with Crippen LogP contribution in [-0.2, 0) is 0 Å². The van der Waals surface area contributed by atoms with E-state index in [9.17, 15) is 14.9 Å². The Morgan fingerprint density at radius 2 is 1.96 bits per heavy atom. The number of hydrogen-bond acceptors (Lipinski definition) is 6. The van der Waals surface area contributed by atoms with E-state index in [1.807, 2.05) is 12.1 Å². The smallest absolute Gasteiger partial charge is 0.292 e. The predicted molar refractivity (Wildman–Crippen MR) is 102 cm³/mol. The van der Waals surface area contributed by atoms with E-state index in [1.165, 1.54) is 6.07 Å². The van der Waals surface area contributed by atoms with Gasteiger partial charge in [0.2, 0.25) is 0 Å². The molecule has 1 aromatic heterocycles. The second-order valence-corrected chi connectivity index (χ2v) is 5.71. The van der Waals surface area contributed by atoms with Gasteiger partial charge in [-0.1, -0.05) is 18.2 Å². The molecule has 1 heterocycles. The number of nitrogens with one attached hydrogen (secondary N) is 2. The maximum atomic E-state index is 12.3. The standard InChI is InChI=1S/C19H18N4O4/c1-27-14-7-9-15-13(12-14)6-8-17(22-15)19(24)21-11-10-20-16-4-2-3-5-18(16)23(25)26/h2-9,12,20H,10-11H2,1H3,(H,21,24). The number of ether oxygens (including phenoxy) is 1. The number of nitro groups is 1. The Morgan fingerprint density at radius 3 is 2.74 bits per heavy atom. The van der Waals surface area contributed by atoms with E-state index in [0.717, 1.165) is 11.1 Å². The molecule has 0 radical (unpaired) electrons. The third-order valence-corrected chi connectivity index (χ3v) is 3.96. The zero-order valence-corrected chi connectivity index (χ0v) is 14.6. The summed E-state index contributed by atoms with van der Waals surface area (Å²) in [6.07, 6.45) is 0. The van der Waals surface area contributed by atoms with Gasteiger partial charge < -0.3 is 15.4 Å². The van der Waals surface area contributed by atoms with Crippen molar-refractivity contribution < 1.29 is 14.5 Å². The van der Waals surface area contributed by atoms with Crippen LogP contribution in [0.1, 0.15) is 10.5 Å². The Bertz CT molecular complexity index is 990. The number of fused-ring (bicyclic) bond motifs is 1. The minimum atomic E-state index is -0.449. The highest BCUT2D eigenvalue weighted by Gasteiger charge is 2.12. The Morgan fingerprint density at radius 1 is 1.15 bits per heavy atom. The molecule has 0 spiro atoms. The highest BCUT2D eigenvalue weighted by Crippen LogP contribution is 2.22. The van der Waals surface area contributed by atoms with E-state index >= 15 is 0 Å². The van der Waals surface area contributed by atoms with Crippen LogP contribution in [0, 0.1) is 10.1 Å². The Balaban J connectivity index is 1.58. The predicted octanol–water partition coefficient (Wildman–Crippen LogP) is 2.99. The molecule has 27 heavy (non-hydrogen) atoms. The molecule has 3 rings (SSSR count). The second kappa shape index (κ2) is 8.13. The highest BCUT2D eigenvalue weighted by atomic mass is 16.6. The summed E-state index contributed by atoms with van der Waals surface area (Å²) < 4.78 is 5.17. The third kappa shape index (κ3) is 4.30. The number of pyridine rings is 1. The van der Waals surface area contributed by atoms with E-state index in [2.05, 4.69) is 15.6 Å². The van der Waals surface area contributed by atoms with Crippen molar-refractivity contribution in [3.63, 3.8) is 0 Å². The average molecular weight is 366 g/mol. The molecule has 0 unspecified atom stereocenters. The van der Waals surface area contributed by atoms with Crippen LogP contribution >= 0.6 is 0 Å². The molecule has 0 saturated carbocycles. The van der Waals surface area contributed by atoms with Gasteiger partial charge in [-0.25, -0.2) is 4.98 Å². The summed E-state index contributed by atoms with van der Waals surface area (Å²) >= 11 is 0. The van der Waals surface area contributed by atoms with Crippen molar-refractivity contribution in [3.8, 4) is 5.75 Å². The van der Waals surface area contributed by atoms with Gasteiger partial charge in [-0.3, -0.25) is 14.9 Å². The van der Waals surface area contributed by atoms with Gasteiger partial charge in [0.25, 0.3) is 11.6 Å². The van der Waals surface area contributed by atoms with Crippen LogP contribution in [0.3, 0.4) is 0 Å². The largest absolute Gasteiger partial charge is 0.497 e. The molecule has 0 atom stereocenters. The lowest BCUT2D eigenvalue weighted by Gasteiger charge is -2.09. The molecule has 0 fully saturated rings. The zero-order valence-electron chi connectivity index (χ0n) is 14.6. The van der Waals surface area contributed by atoms with Crippen molar-refractivity contribution in [1.82, 2.24) is 10.3 Å². The SMILES string of the molecule is COc1ccc2nc(C(=O)NCCNc3ccccc3[N+](=O)[O-])ccc2c1. The molecule has 0 aliphatic rings. The topological polar surface area (TPSA) is 106 Å². The first kappa shape index (κ1) is 18.1. The highest BCUT2D eigenvalue weighted by molar-refractivity contribution is 5.95. The van der Waals surface area contributed by atoms with Crippen LogP contribution in [0.5, 0.6) is 5.75 Å². The fourth-order valence-electron chi connectivity index (χ4n) is 2.60. The lowest BCUT2D eigenvalue weighted by atomic mass is 10.2. The van der Waals surface area contributed by atoms with Crippen LogP contribution in [0.15, 0.2) is 54.6 Å². The van der Waals surface area contributed by atoms with Crippen LogP contribution < -0.4 is 15.4 Å². The number of rotatable bonds is 7. The number of carbonyl (C=O) groups excluding carboxylic acids is 1. The number of para-hydroxylation sites is 2. The van der Waals surface area contributed by atoms with Crippen LogP contribution in [0.25, 0.3) is 10.9 Å². The van der Waals surface area contributed by atoms with Gasteiger partial charge >= 0.3 is 0 Å². The van der Waals surface area contributed by atoms with E-state index in [0.29, 0.717) is 30.0 Å². The monoisotopic (exact) mass is 366 g/mol. The third-order valence-electron chi connectivity index (χ3n) is 3.96. The van der Waals surface area contributed by atoms with Crippen LogP contribution in [0.2, 0.25) is 0 Å². The first-order chi connectivity index (χ1) is 13.1. The summed E-state index contributed by atoms with van der Waals surface area (Å²) in [4.78, 5) is 27.1. The maximum Gasteiger partial charge on any atom is 0.292 e. The van der Waals surface area contributed by atoms with E-state index in [1.54, 1.807) is 43.5 Å². The molecule has 2 aromatic carbocycles. The van der Waals surface area contributed by atoms with Gasteiger partial charge in [0, 0.05) is 24.5 Å². The molecule has 1 amide bonds. The molecule has 8 nitrogen and oxygen atoms in total. The summed E-state index contributed by atoms with van der Waals surface area (Å²) in [6, 6.07) is 15.2. The zero-order chi connectivity index (χ0) is 19.2. The van der Waals surface area contributed by atoms with Gasteiger partial charge in [0.1, 0.15) is 17.1 Å². The van der Waals surface area contributed by atoms with Crippen molar-refractivity contribution in [2.75, 3.05) is 25.5 Å². The molecular formula is C19H18N4O4. The fourth-order valence-corrected chi connectivity index (χ4v) is 2.60. The summed E-state index contributed by atoms with van der Waals surface area (Å²) in [5.41, 5.74) is 1.41. The first-order valence-corrected chi connectivity index (χ1v) is 8.29. The lowest BCUT2D eigenvalue weighted by Crippen LogP contribution is -2.29. The van der Waals surface area contributed by atoms with E-state index in [4.69, 9.17) is 4.74 Å². The number of carbonyl (C=O) groups is 1. The summed E-state index contributed by atoms with van der Waals surface area (Å²) in [6.45, 7) is 0.647. The molecule has 0 aliphatic heterocycles. The Labute approximate surface area is 155 Å². The van der Waals surface area contributed by atoms with Crippen molar-refractivity contribution in [2.45, 2.75) is 0 Å². The number of amides is 1. The van der Waals surface area contributed by atoms with Gasteiger partial charge in [-0.05, 0) is 30.3 Å². The lowest BCUT2D eigenvalue weighted by molar-refractivity contribution is -0.384. The summed E-state index contributed by atoms with van der Waals surface area (Å²) in [5.74, 6) is 0.416. The number of nitrogens with zero attached hydrogens (tertiary/aromatic N) is 2. The molecular weight excluding hydrogens is 348 g/mol. The number of aromatic nitrogens is 1. The fraction of sp³-hybridized carbons (Fsp3) is 0.158. The number of anilines is 1.